The Kier molecular flexibility index (Phi) is 4.65. The van der Waals surface area contributed by atoms with Crippen LogP contribution in [0.1, 0.15) is 20.3 Å². The highest BCUT2D eigenvalue weighted by atomic mass is 15.1. The Morgan fingerprint density at radius 1 is 1.30 bits per heavy atom. The van der Waals surface area contributed by atoms with E-state index < -0.39 is 0 Å². The molecule has 0 aliphatic rings. The van der Waals surface area contributed by atoms with Crippen molar-refractivity contribution in [1.82, 2.24) is 10.2 Å². The summed E-state index contributed by atoms with van der Waals surface area (Å²) in [6.45, 7) is 4.45. The van der Waals surface area contributed by atoms with Crippen molar-refractivity contribution in [3.05, 3.63) is 0 Å². The summed E-state index contributed by atoms with van der Waals surface area (Å²) in [4.78, 5) is 2.24. The molecule has 0 radical (unpaired) electrons. The Morgan fingerprint density at radius 2 is 1.80 bits per heavy atom. The van der Waals surface area contributed by atoms with E-state index in [2.05, 4.69) is 38.2 Å². The standard InChI is InChI=1S/C8H20N2/c1-7(9-3)6-8(2)10(4)5/h7-9H,6H2,1-5H3. The number of nitrogens with one attached hydrogen (secondary N) is 1. The van der Waals surface area contributed by atoms with E-state index >= 15 is 0 Å². The summed E-state index contributed by atoms with van der Waals surface area (Å²) >= 11 is 0. The summed E-state index contributed by atoms with van der Waals surface area (Å²) in [7, 11) is 6.24. The van der Waals surface area contributed by atoms with Gasteiger partial charge in [0.25, 0.3) is 0 Å². The first-order valence-electron chi connectivity index (χ1n) is 3.91. The lowest BCUT2D eigenvalue weighted by atomic mass is 10.1. The number of hydrogen-bond acceptors (Lipinski definition) is 2. The molecule has 0 aliphatic carbocycles. The molecule has 10 heavy (non-hydrogen) atoms. The third kappa shape index (κ3) is 3.85. The van der Waals surface area contributed by atoms with Crippen molar-refractivity contribution >= 4 is 0 Å². The molecular formula is C8H20N2. The summed E-state index contributed by atoms with van der Waals surface area (Å²) in [6, 6.07) is 1.29. The van der Waals surface area contributed by atoms with E-state index in [1.807, 2.05) is 7.05 Å². The summed E-state index contributed by atoms with van der Waals surface area (Å²) < 4.78 is 0. The van der Waals surface area contributed by atoms with Gasteiger partial charge >= 0.3 is 0 Å². The normalized spacial score (nSPS) is 17.4. The highest BCUT2D eigenvalue weighted by Crippen LogP contribution is 2.01. The van der Waals surface area contributed by atoms with Crippen LogP contribution in [0.3, 0.4) is 0 Å². The van der Waals surface area contributed by atoms with Crippen molar-refractivity contribution in [2.45, 2.75) is 32.4 Å². The van der Waals surface area contributed by atoms with Crippen molar-refractivity contribution < 1.29 is 0 Å². The van der Waals surface area contributed by atoms with Crippen LogP contribution in [0.4, 0.5) is 0 Å². The Labute approximate surface area is 64.6 Å². The molecule has 0 saturated heterocycles. The molecule has 0 fully saturated rings. The van der Waals surface area contributed by atoms with Crippen molar-refractivity contribution in [2.24, 2.45) is 0 Å². The first-order valence-corrected chi connectivity index (χ1v) is 3.91. The van der Waals surface area contributed by atoms with Crippen LogP contribution < -0.4 is 5.32 Å². The van der Waals surface area contributed by atoms with Gasteiger partial charge in [-0.05, 0) is 41.4 Å². The number of nitrogens with zero attached hydrogens (tertiary/aromatic N) is 1. The van der Waals surface area contributed by atoms with Gasteiger partial charge in [0.1, 0.15) is 0 Å². The molecule has 2 heteroatoms. The molecule has 0 aromatic carbocycles. The minimum Gasteiger partial charge on any atom is -0.317 e. The fourth-order valence-corrected chi connectivity index (χ4v) is 0.840. The molecule has 1 N–H and O–H groups in total. The second-order valence-electron chi connectivity index (χ2n) is 3.24. The van der Waals surface area contributed by atoms with Crippen LogP contribution in [0, 0.1) is 0 Å². The van der Waals surface area contributed by atoms with Gasteiger partial charge in [-0.15, -0.1) is 0 Å². The zero-order valence-corrected chi connectivity index (χ0v) is 7.81. The van der Waals surface area contributed by atoms with E-state index in [1.165, 1.54) is 6.42 Å². The second kappa shape index (κ2) is 4.69. The fourth-order valence-electron chi connectivity index (χ4n) is 0.840. The highest BCUT2D eigenvalue weighted by molar-refractivity contribution is 4.66. The minimum absolute atomic E-state index is 0.623. The van der Waals surface area contributed by atoms with E-state index in [9.17, 15) is 0 Å². The molecule has 0 amide bonds. The maximum atomic E-state index is 3.22. The third-order valence-electron chi connectivity index (χ3n) is 2.07. The van der Waals surface area contributed by atoms with Gasteiger partial charge in [0.05, 0.1) is 0 Å². The SMILES string of the molecule is CNC(C)CC(C)N(C)C. The first kappa shape index (κ1) is 9.92. The van der Waals surface area contributed by atoms with Crippen molar-refractivity contribution in [3.8, 4) is 0 Å². The number of hydrogen-bond donors (Lipinski definition) is 1. The smallest absolute Gasteiger partial charge is 0.00755 e. The van der Waals surface area contributed by atoms with Gasteiger partial charge in [-0.25, -0.2) is 0 Å². The average Bonchev–Trinajstić information content (AvgIpc) is 1.87. The van der Waals surface area contributed by atoms with Crippen LogP contribution >= 0.6 is 0 Å². The van der Waals surface area contributed by atoms with Crippen molar-refractivity contribution in [2.75, 3.05) is 21.1 Å². The van der Waals surface area contributed by atoms with Crippen LogP contribution in [0.25, 0.3) is 0 Å². The summed E-state index contributed by atoms with van der Waals surface area (Å²) in [5.74, 6) is 0. The summed E-state index contributed by atoms with van der Waals surface area (Å²) in [5.41, 5.74) is 0. The Balaban J connectivity index is 3.46. The summed E-state index contributed by atoms with van der Waals surface area (Å²) in [6.07, 6.45) is 1.21. The van der Waals surface area contributed by atoms with Gasteiger partial charge in [0.2, 0.25) is 0 Å². The van der Waals surface area contributed by atoms with Gasteiger partial charge in [-0.1, -0.05) is 0 Å². The Hall–Kier alpha value is -0.0800. The van der Waals surface area contributed by atoms with Crippen LogP contribution in [0.15, 0.2) is 0 Å². The zero-order valence-electron chi connectivity index (χ0n) is 7.81. The van der Waals surface area contributed by atoms with E-state index in [0.717, 1.165) is 0 Å². The molecule has 2 atom stereocenters. The average molecular weight is 144 g/mol. The largest absolute Gasteiger partial charge is 0.317 e. The molecule has 0 heterocycles. The zero-order chi connectivity index (χ0) is 8.15. The van der Waals surface area contributed by atoms with Gasteiger partial charge in [-0.2, -0.15) is 0 Å². The van der Waals surface area contributed by atoms with Crippen LogP contribution in [-0.2, 0) is 0 Å². The highest BCUT2D eigenvalue weighted by Gasteiger charge is 2.07. The van der Waals surface area contributed by atoms with Gasteiger partial charge in [-0.3, -0.25) is 0 Å². The predicted octanol–water partition coefficient (Wildman–Crippen LogP) is 0.934. The third-order valence-corrected chi connectivity index (χ3v) is 2.07. The lowest BCUT2D eigenvalue weighted by Crippen LogP contribution is -2.33. The molecule has 0 aromatic rings. The van der Waals surface area contributed by atoms with Gasteiger partial charge in [0, 0.05) is 12.1 Å². The minimum atomic E-state index is 0.623. The Bertz CT molecular complexity index is 81.3. The van der Waals surface area contributed by atoms with E-state index in [0.29, 0.717) is 12.1 Å². The molecule has 0 spiro atoms. The molecule has 0 aliphatic heterocycles. The molecule has 0 saturated carbocycles. The first-order chi connectivity index (χ1) is 4.57. The molecular weight excluding hydrogens is 124 g/mol. The Morgan fingerprint density at radius 3 is 2.10 bits per heavy atom. The second-order valence-corrected chi connectivity index (χ2v) is 3.24. The maximum Gasteiger partial charge on any atom is 0.00755 e. The molecule has 0 rings (SSSR count). The summed E-state index contributed by atoms with van der Waals surface area (Å²) in [5, 5.41) is 3.22. The van der Waals surface area contributed by atoms with Crippen LogP contribution in [0.5, 0.6) is 0 Å². The fraction of sp³-hybridized carbons (Fsp3) is 1.00. The topological polar surface area (TPSA) is 15.3 Å². The lowest BCUT2D eigenvalue weighted by molar-refractivity contribution is 0.278. The molecule has 2 nitrogen and oxygen atoms in total. The van der Waals surface area contributed by atoms with E-state index in [-0.39, 0.29) is 0 Å². The van der Waals surface area contributed by atoms with Crippen LogP contribution in [0.2, 0.25) is 0 Å². The molecule has 0 bridgehead atoms. The van der Waals surface area contributed by atoms with E-state index in [1.54, 1.807) is 0 Å². The molecule has 0 aromatic heterocycles. The van der Waals surface area contributed by atoms with E-state index in [4.69, 9.17) is 0 Å². The van der Waals surface area contributed by atoms with Crippen molar-refractivity contribution in [1.29, 1.82) is 0 Å². The number of rotatable bonds is 4. The van der Waals surface area contributed by atoms with Crippen LogP contribution in [-0.4, -0.2) is 38.1 Å². The molecule has 62 valence electrons. The predicted molar refractivity (Wildman–Crippen MR) is 46.3 cm³/mol. The monoisotopic (exact) mass is 144 g/mol. The maximum absolute atomic E-state index is 3.22. The molecule has 2 unspecified atom stereocenters. The van der Waals surface area contributed by atoms with Gasteiger partial charge < -0.3 is 10.2 Å². The quantitative estimate of drug-likeness (QED) is 0.631. The van der Waals surface area contributed by atoms with Crippen molar-refractivity contribution in [3.63, 3.8) is 0 Å². The lowest BCUT2D eigenvalue weighted by Gasteiger charge is -2.22. The van der Waals surface area contributed by atoms with Gasteiger partial charge in [0.15, 0.2) is 0 Å².